The monoisotopic (exact) mass is 231 g/mol. The van der Waals surface area contributed by atoms with E-state index in [9.17, 15) is 4.79 Å². The summed E-state index contributed by atoms with van der Waals surface area (Å²) in [5.74, 6) is 0.625. The molecule has 0 saturated carbocycles. The van der Waals surface area contributed by atoms with E-state index >= 15 is 0 Å². The lowest BCUT2D eigenvalue weighted by atomic mass is 10.1. The van der Waals surface area contributed by atoms with E-state index in [1.54, 1.807) is 11.8 Å². The summed E-state index contributed by atoms with van der Waals surface area (Å²) in [6.45, 7) is 6.07. The lowest BCUT2D eigenvalue weighted by molar-refractivity contribution is 0.159. The molecule has 0 aromatic rings. The Morgan fingerprint density at radius 2 is 2.53 bits per heavy atom. The van der Waals surface area contributed by atoms with Crippen LogP contribution in [0, 0.1) is 5.92 Å². The van der Waals surface area contributed by atoms with Crippen LogP contribution in [0.5, 0.6) is 0 Å². The predicted octanol–water partition coefficient (Wildman–Crippen LogP) is 0.799. The standard InChI is InChI=1S/C9H17N3O2S/c1-6(2)7-5-12-9(15-7)11-3-4-14-8(10)13/h6-7H,3-5H2,1-2H3,(H2,10,13)(H,11,12). The highest BCUT2D eigenvalue weighted by Crippen LogP contribution is 2.25. The Bertz CT molecular complexity index is 256. The molecular formula is C9H17N3O2S. The Morgan fingerprint density at radius 1 is 1.80 bits per heavy atom. The van der Waals surface area contributed by atoms with Crippen molar-refractivity contribution in [2.24, 2.45) is 16.6 Å². The van der Waals surface area contributed by atoms with Gasteiger partial charge in [-0.1, -0.05) is 25.6 Å². The van der Waals surface area contributed by atoms with E-state index < -0.39 is 6.09 Å². The number of hydrogen-bond donors (Lipinski definition) is 2. The average Bonchev–Trinajstić information content (AvgIpc) is 2.60. The second kappa shape index (κ2) is 5.85. The molecule has 1 aliphatic rings. The van der Waals surface area contributed by atoms with E-state index in [2.05, 4.69) is 28.9 Å². The van der Waals surface area contributed by atoms with Crippen molar-refractivity contribution in [2.75, 3.05) is 19.7 Å². The molecule has 0 radical (unpaired) electrons. The summed E-state index contributed by atoms with van der Waals surface area (Å²) >= 11 is 1.74. The van der Waals surface area contributed by atoms with Crippen LogP contribution in [0.2, 0.25) is 0 Å². The zero-order chi connectivity index (χ0) is 11.3. The molecule has 86 valence electrons. The van der Waals surface area contributed by atoms with Gasteiger partial charge in [-0.3, -0.25) is 4.99 Å². The number of nitrogens with zero attached hydrogens (tertiary/aromatic N) is 1. The minimum Gasteiger partial charge on any atom is -0.448 e. The van der Waals surface area contributed by atoms with E-state index in [0.29, 0.717) is 17.7 Å². The van der Waals surface area contributed by atoms with Crippen LogP contribution in [0.15, 0.2) is 4.99 Å². The van der Waals surface area contributed by atoms with Gasteiger partial charge in [-0.15, -0.1) is 0 Å². The Kier molecular flexibility index (Phi) is 4.74. The van der Waals surface area contributed by atoms with Gasteiger partial charge in [0, 0.05) is 5.25 Å². The summed E-state index contributed by atoms with van der Waals surface area (Å²) in [7, 11) is 0. The third-order valence-electron chi connectivity index (χ3n) is 2.04. The van der Waals surface area contributed by atoms with Gasteiger partial charge in [-0.05, 0) is 5.92 Å². The van der Waals surface area contributed by atoms with Crippen molar-refractivity contribution in [3.8, 4) is 0 Å². The van der Waals surface area contributed by atoms with Gasteiger partial charge in [0.2, 0.25) is 0 Å². The largest absolute Gasteiger partial charge is 0.448 e. The van der Waals surface area contributed by atoms with Crippen molar-refractivity contribution in [3.05, 3.63) is 0 Å². The maximum Gasteiger partial charge on any atom is 0.404 e. The van der Waals surface area contributed by atoms with Crippen LogP contribution < -0.4 is 11.1 Å². The third kappa shape index (κ3) is 4.42. The average molecular weight is 231 g/mol. The zero-order valence-electron chi connectivity index (χ0n) is 9.03. The topological polar surface area (TPSA) is 76.7 Å². The molecule has 5 nitrogen and oxygen atoms in total. The molecule has 15 heavy (non-hydrogen) atoms. The molecule has 1 heterocycles. The number of thioether (sulfide) groups is 1. The fourth-order valence-electron chi connectivity index (χ4n) is 1.14. The van der Waals surface area contributed by atoms with Crippen molar-refractivity contribution >= 4 is 23.0 Å². The summed E-state index contributed by atoms with van der Waals surface area (Å²) in [6, 6.07) is 0. The normalized spacial score (nSPS) is 20.2. The molecule has 0 spiro atoms. The van der Waals surface area contributed by atoms with Crippen molar-refractivity contribution in [3.63, 3.8) is 0 Å². The fraction of sp³-hybridized carbons (Fsp3) is 0.778. The molecule has 3 N–H and O–H groups in total. The first kappa shape index (κ1) is 12.2. The molecule has 1 amide bonds. The first-order chi connectivity index (χ1) is 7.09. The van der Waals surface area contributed by atoms with Crippen LogP contribution in [0.25, 0.3) is 0 Å². The SMILES string of the molecule is CC(C)C1CN=C(NCCOC(N)=O)S1. The van der Waals surface area contributed by atoms with E-state index in [1.165, 1.54) is 0 Å². The van der Waals surface area contributed by atoms with Crippen molar-refractivity contribution < 1.29 is 9.53 Å². The Labute approximate surface area is 93.8 Å². The van der Waals surface area contributed by atoms with Gasteiger partial charge in [-0.2, -0.15) is 0 Å². The highest BCUT2D eigenvalue weighted by molar-refractivity contribution is 8.14. The number of carbonyl (C=O) groups excluding carboxylic acids is 1. The second-order valence-corrected chi connectivity index (χ2v) is 4.87. The number of nitrogens with two attached hydrogens (primary N) is 1. The molecule has 0 saturated heterocycles. The maximum absolute atomic E-state index is 10.3. The zero-order valence-corrected chi connectivity index (χ0v) is 9.84. The molecule has 0 fully saturated rings. The van der Waals surface area contributed by atoms with Gasteiger partial charge in [0.05, 0.1) is 13.1 Å². The number of nitrogens with one attached hydrogen (secondary N) is 1. The van der Waals surface area contributed by atoms with Crippen molar-refractivity contribution in [1.82, 2.24) is 5.32 Å². The summed E-state index contributed by atoms with van der Waals surface area (Å²) < 4.78 is 4.59. The number of ether oxygens (including phenoxy) is 1. The number of amidine groups is 1. The van der Waals surface area contributed by atoms with Crippen molar-refractivity contribution in [1.29, 1.82) is 0 Å². The molecule has 1 rings (SSSR count). The molecule has 0 aliphatic carbocycles. The van der Waals surface area contributed by atoms with Crippen LogP contribution in [0.1, 0.15) is 13.8 Å². The maximum atomic E-state index is 10.3. The second-order valence-electron chi connectivity index (χ2n) is 3.64. The minimum absolute atomic E-state index is 0.279. The van der Waals surface area contributed by atoms with Crippen molar-refractivity contribution in [2.45, 2.75) is 19.1 Å². The molecule has 1 aliphatic heterocycles. The van der Waals surface area contributed by atoms with Crippen LogP contribution >= 0.6 is 11.8 Å². The molecule has 6 heteroatoms. The lowest BCUT2D eigenvalue weighted by Gasteiger charge is -2.12. The first-order valence-electron chi connectivity index (χ1n) is 4.97. The number of rotatable bonds is 4. The van der Waals surface area contributed by atoms with Gasteiger partial charge in [0.15, 0.2) is 5.17 Å². The van der Waals surface area contributed by atoms with E-state index in [1.807, 2.05) is 0 Å². The van der Waals surface area contributed by atoms with Crippen LogP contribution in [-0.4, -0.2) is 36.2 Å². The molecule has 0 aromatic carbocycles. The Hall–Kier alpha value is -0.910. The molecule has 0 bridgehead atoms. The number of carbonyl (C=O) groups is 1. The summed E-state index contributed by atoms with van der Waals surface area (Å²) in [5, 5.41) is 4.59. The van der Waals surface area contributed by atoms with E-state index in [0.717, 1.165) is 11.7 Å². The van der Waals surface area contributed by atoms with Gasteiger partial charge in [0.1, 0.15) is 6.61 Å². The first-order valence-corrected chi connectivity index (χ1v) is 5.84. The summed E-state index contributed by atoms with van der Waals surface area (Å²) in [5.41, 5.74) is 4.82. The Balaban J connectivity index is 2.11. The molecule has 0 aromatic heterocycles. The quantitative estimate of drug-likeness (QED) is 0.702. The molecule has 1 atom stereocenters. The van der Waals surface area contributed by atoms with Gasteiger partial charge < -0.3 is 15.8 Å². The number of amides is 1. The predicted molar refractivity (Wildman–Crippen MR) is 62.1 cm³/mol. The van der Waals surface area contributed by atoms with Gasteiger partial charge >= 0.3 is 6.09 Å². The smallest absolute Gasteiger partial charge is 0.404 e. The summed E-state index contributed by atoms with van der Waals surface area (Å²) in [4.78, 5) is 14.6. The highest BCUT2D eigenvalue weighted by Gasteiger charge is 2.21. The van der Waals surface area contributed by atoms with Crippen LogP contribution in [0.3, 0.4) is 0 Å². The third-order valence-corrected chi connectivity index (χ3v) is 3.54. The highest BCUT2D eigenvalue weighted by atomic mass is 32.2. The number of aliphatic imine (C=N–C) groups is 1. The lowest BCUT2D eigenvalue weighted by Crippen LogP contribution is -2.27. The molecule has 1 unspecified atom stereocenters. The molecular weight excluding hydrogens is 214 g/mol. The number of hydrogen-bond acceptors (Lipinski definition) is 5. The fourth-order valence-corrected chi connectivity index (χ4v) is 2.19. The summed E-state index contributed by atoms with van der Waals surface area (Å²) in [6.07, 6.45) is -0.738. The van der Waals surface area contributed by atoms with E-state index in [4.69, 9.17) is 5.73 Å². The number of primary amides is 1. The Morgan fingerprint density at radius 3 is 3.07 bits per heavy atom. The minimum atomic E-state index is -0.738. The van der Waals surface area contributed by atoms with Crippen LogP contribution in [-0.2, 0) is 4.74 Å². The van der Waals surface area contributed by atoms with E-state index in [-0.39, 0.29) is 6.61 Å². The van der Waals surface area contributed by atoms with Gasteiger partial charge in [-0.25, -0.2) is 4.79 Å². The van der Waals surface area contributed by atoms with Gasteiger partial charge in [0.25, 0.3) is 0 Å². The van der Waals surface area contributed by atoms with Crippen LogP contribution in [0.4, 0.5) is 4.79 Å².